The normalized spacial score (nSPS) is 28.0. The minimum atomic E-state index is -0.559. The summed E-state index contributed by atoms with van der Waals surface area (Å²) in [6.07, 6.45) is 8.15. The van der Waals surface area contributed by atoms with Crippen LogP contribution in [0.2, 0.25) is 0 Å². The molecule has 10 heteroatoms. The number of rotatable bonds is 7. The molecule has 3 N–H and O–H groups in total. The van der Waals surface area contributed by atoms with Gasteiger partial charge in [0, 0.05) is 37.3 Å². The van der Waals surface area contributed by atoms with Crippen LogP contribution in [0.3, 0.4) is 0 Å². The molecule has 5 rings (SSSR count). The summed E-state index contributed by atoms with van der Waals surface area (Å²) in [5.74, 6) is -1.61. The molecule has 3 aliphatic heterocycles. The van der Waals surface area contributed by atoms with E-state index in [2.05, 4.69) is 15.7 Å². The molecule has 1 saturated carbocycles. The zero-order chi connectivity index (χ0) is 26.3. The van der Waals surface area contributed by atoms with Crippen LogP contribution >= 0.6 is 0 Å². The number of aliphatic hydroxyl groups is 1. The Bertz CT molecular complexity index is 1120. The molecule has 198 valence electrons. The van der Waals surface area contributed by atoms with Crippen molar-refractivity contribution in [2.75, 3.05) is 13.1 Å². The number of nitrogens with one attached hydrogen (secondary N) is 2. The lowest BCUT2D eigenvalue weighted by molar-refractivity contribution is -0.142. The van der Waals surface area contributed by atoms with Gasteiger partial charge in [0.2, 0.25) is 11.8 Å². The third-order valence-electron chi connectivity index (χ3n) is 7.50. The number of pyridine rings is 1. The van der Waals surface area contributed by atoms with Crippen LogP contribution in [0, 0.1) is 11.8 Å². The Kier molecular flexibility index (Phi) is 6.94. The van der Waals surface area contributed by atoms with E-state index < -0.39 is 18.0 Å². The molecule has 1 aromatic heterocycles. The third-order valence-corrected chi connectivity index (χ3v) is 7.50. The minimum absolute atomic E-state index is 0.0535. The smallest absolute Gasteiger partial charge is 0.280 e. The number of aromatic nitrogens is 1. The molecule has 0 radical (unpaired) electrons. The highest BCUT2D eigenvalue weighted by Gasteiger charge is 2.51. The fourth-order valence-electron chi connectivity index (χ4n) is 5.56. The van der Waals surface area contributed by atoms with E-state index >= 15 is 0 Å². The van der Waals surface area contributed by atoms with Crippen LogP contribution in [0.15, 0.2) is 48.0 Å². The van der Waals surface area contributed by atoms with Crippen molar-refractivity contribution in [3.05, 3.63) is 53.7 Å². The fraction of sp³-hybridized carbons (Fsp3) is 0.556. The largest absolute Gasteiger partial charge is 0.494 e. The molecule has 3 fully saturated rings. The van der Waals surface area contributed by atoms with Crippen molar-refractivity contribution in [2.45, 2.75) is 70.7 Å². The van der Waals surface area contributed by atoms with Crippen LogP contribution in [0.25, 0.3) is 0 Å². The standard InChI is InChI=1S/C27H36N6O4/c1-16(2)15-32-25-19(11-12-22(34)31-14-6-8-21(31)20-7-4-5-13-28-20)17(3)30-33(25)27(37)23(26(32)36)24(35)29-18-9-10-18/h4-5,7,11-13,16-19,21,25,30,36H,6,8-10,14-15H2,1-3H3,(H,29,35)/b12-11+/t17?,19?,21-,25?/m1/s1. The maximum absolute atomic E-state index is 13.4. The van der Waals surface area contributed by atoms with Crippen LogP contribution in [-0.4, -0.2) is 74.0 Å². The van der Waals surface area contributed by atoms with Crippen molar-refractivity contribution in [3.8, 4) is 0 Å². The maximum atomic E-state index is 13.4. The topological polar surface area (TPSA) is 118 Å². The van der Waals surface area contributed by atoms with Gasteiger partial charge in [-0.1, -0.05) is 26.0 Å². The lowest BCUT2D eigenvalue weighted by atomic mass is 9.95. The van der Waals surface area contributed by atoms with Gasteiger partial charge < -0.3 is 20.2 Å². The second-order valence-electron chi connectivity index (χ2n) is 10.9. The van der Waals surface area contributed by atoms with Gasteiger partial charge in [0.15, 0.2) is 5.57 Å². The van der Waals surface area contributed by atoms with Gasteiger partial charge in [0.05, 0.1) is 11.7 Å². The number of fused-ring (bicyclic) bond motifs is 1. The van der Waals surface area contributed by atoms with Gasteiger partial charge in [0.1, 0.15) is 6.17 Å². The number of hydrazine groups is 1. The van der Waals surface area contributed by atoms with Crippen molar-refractivity contribution in [1.29, 1.82) is 0 Å². The fourth-order valence-corrected chi connectivity index (χ4v) is 5.56. The van der Waals surface area contributed by atoms with E-state index in [4.69, 9.17) is 0 Å². The highest BCUT2D eigenvalue weighted by atomic mass is 16.3. The second-order valence-corrected chi connectivity index (χ2v) is 10.9. The summed E-state index contributed by atoms with van der Waals surface area (Å²) in [5, 5.41) is 15.4. The van der Waals surface area contributed by atoms with Crippen LogP contribution in [0.4, 0.5) is 0 Å². The molecule has 4 aliphatic rings. The molecular formula is C27H36N6O4. The average Bonchev–Trinajstić information content (AvgIpc) is 3.42. The summed E-state index contributed by atoms with van der Waals surface area (Å²) in [7, 11) is 0. The van der Waals surface area contributed by atoms with Crippen molar-refractivity contribution >= 4 is 17.7 Å². The van der Waals surface area contributed by atoms with Crippen molar-refractivity contribution in [1.82, 2.24) is 30.5 Å². The zero-order valence-corrected chi connectivity index (χ0v) is 21.6. The van der Waals surface area contributed by atoms with E-state index in [1.807, 2.05) is 49.9 Å². The number of hydrogen-bond acceptors (Lipinski definition) is 7. The highest BCUT2D eigenvalue weighted by Crippen LogP contribution is 2.36. The second kappa shape index (κ2) is 10.2. The van der Waals surface area contributed by atoms with Crippen molar-refractivity contribution in [3.63, 3.8) is 0 Å². The number of hydrogen-bond donors (Lipinski definition) is 3. The average molecular weight is 509 g/mol. The van der Waals surface area contributed by atoms with Crippen molar-refractivity contribution < 1.29 is 19.5 Å². The van der Waals surface area contributed by atoms with Gasteiger partial charge in [-0.05, 0) is 56.7 Å². The molecule has 4 heterocycles. The Morgan fingerprint density at radius 3 is 2.73 bits per heavy atom. The Morgan fingerprint density at radius 2 is 2.05 bits per heavy atom. The quantitative estimate of drug-likeness (QED) is 0.381. The number of amides is 3. The summed E-state index contributed by atoms with van der Waals surface area (Å²) < 4.78 is 0. The van der Waals surface area contributed by atoms with Crippen molar-refractivity contribution in [2.24, 2.45) is 11.8 Å². The van der Waals surface area contributed by atoms with E-state index in [1.54, 1.807) is 17.2 Å². The predicted molar refractivity (Wildman–Crippen MR) is 136 cm³/mol. The summed E-state index contributed by atoms with van der Waals surface area (Å²) in [6, 6.07) is 5.56. The molecular weight excluding hydrogens is 472 g/mol. The van der Waals surface area contributed by atoms with Gasteiger partial charge in [-0.2, -0.15) is 0 Å². The van der Waals surface area contributed by atoms with Gasteiger partial charge in [0.25, 0.3) is 11.8 Å². The molecule has 0 bridgehead atoms. The first-order valence-electron chi connectivity index (χ1n) is 13.3. The van der Waals surface area contributed by atoms with Gasteiger partial charge >= 0.3 is 0 Å². The van der Waals surface area contributed by atoms with E-state index in [-0.39, 0.29) is 47.3 Å². The summed E-state index contributed by atoms with van der Waals surface area (Å²) in [5.41, 5.74) is 3.84. The molecule has 1 aromatic rings. The molecule has 0 aromatic carbocycles. The SMILES string of the molecule is CC(C)CN1C(O)=C(C(=O)NC2CC2)C(=O)N2NC(C)C(/C=C/C(=O)N3CCC[C@@H]3c3ccccn3)C12. The van der Waals surface area contributed by atoms with Crippen LogP contribution < -0.4 is 10.7 Å². The van der Waals surface area contributed by atoms with E-state index in [1.165, 1.54) is 5.01 Å². The zero-order valence-electron chi connectivity index (χ0n) is 21.6. The number of carbonyl (C=O) groups excluding carboxylic acids is 3. The lowest BCUT2D eigenvalue weighted by Gasteiger charge is -2.42. The summed E-state index contributed by atoms with van der Waals surface area (Å²) in [4.78, 5) is 47.5. The lowest BCUT2D eigenvalue weighted by Crippen LogP contribution is -2.59. The van der Waals surface area contributed by atoms with E-state index in [9.17, 15) is 19.5 Å². The molecule has 1 aliphatic carbocycles. The summed E-state index contributed by atoms with van der Waals surface area (Å²) in [6.45, 7) is 7.08. The van der Waals surface area contributed by atoms with Crippen LogP contribution in [0.5, 0.6) is 0 Å². The van der Waals surface area contributed by atoms with Gasteiger partial charge in [-0.15, -0.1) is 0 Å². The number of aliphatic hydroxyl groups excluding tert-OH is 1. The minimum Gasteiger partial charge on any atom is -0.494 e. The molecule has 0 spiro atoms. The Labute approximate surface area is 217 Å². The first kappa shape index (κ1) is 25.3. The first-order valence-corrected chi connectivity index (χ1v) is 13.3. The first-order chi connectivity index (χ1) is 17.8. The van der Waals surface area contributed by atoms with Crippen LogP contribution in [-0.2, 0) is 14.4 Å². The molecule has 4 atom stereocenters. The van der Waals surface area contributed by atoms with E-state index in [0.717, 1.165) is 31.4 Å². The Balaban J connectivity index is 1.39. The molecule has 3 unspecified atom stereocenters. The Hall–Kier alpha value is -3.40. The van der Waals surface area contributed by atoms with Gasteiger partial charge in [-0.25, -0.2) is 10.4 Å². The predicted octanol–water partition coefficient (Wildman–Crippen LogP) is 2.00. The third kappa shape index (κ3) is 4.94. The summed E-state index contributed by atoms with van der Waals surface area (Å²) >= 11 is 0. The van der Waals surface area contributed by atoms with Gasteiger partial charge in [-0.3, -0.25) is 19.4 Å². The molecule has 3 amide bonds. The molecule has 10 nitrogen and oxygen atoms in total. The number of carbonyl (C=O) groups is 3. The monoisotopic (exact) mass is 508 g/mol. The molecule has 2 saturated heterocycles. The van der Waals surface area contributed by atoms with Crippen LogP contribution in [0.1, 0.15) is 58.2 Å². The maximum Gasteiger partial charge on any atom is 0.280 e. The number of nitrogens with zero attached hydrogens (tertiary/aromatic N) is 4. The Morgan fingerprint density at radius 1 is 1.27 bits per heavy atom. The molecule has 37 heavy (non-hydrogen) atoms. The van der Waals surface area contributed by atoms with E-state index in [0.29, 0.717) is 13.1 Å². The highest BCUT2D eigenvalue weighted by molar-refractivity contribution is 6.19. The number of likely N-dealkylation sites (tertiary alicyclic amines) is 1.